The maximum Gasteiger partial charge on any atom is 0.133 e. The molecular formula is C10H18N4. The molecule has 1 aromatic rings. The van der Waals surface area contributed by atoms with Crippen LogP contribution in [0.1, 0.15) is 20.3 Å². The Labute approximate surface area is 85.4 Å². The highest BCUT2D eigenvalue weighted by Gasteiger charge is 2.02. The second-order valence-electron chi connectivity index (χ2n) is 3.61. The third-order valence-electron chi connectivity index (χ3n) is 2.12. The van der Waals surface area contributed by atoms with Crippen LogP contribution >= 0.6 is 0 Å². The molecule has 1 unspecified atom stereocenters. The average molecular weight is 194 g/mol. The van der Waals surface area contributed by atoms with Crippen molar-refractivity contribution in [1.82, 2.24) is 9.97 Å². The molecule has 0 radical (unpaired) electrons. The zero-order valence-corrected chi connectivity index (χ0v) is 9.28. The van der Waals surface area contributed by atoms with Crippen molar-refractivity contribution in [2.24, 2.45) is 0 Å². The molecule has 0 amide bonds. The zero-order valence-electron chi connectivity index (χ0n) is 9.28. The Morgan fingerprint density at radius 2 is 2.14 bits per heavy atom. The molecule has 1 atom stereocenters. The van der Waals surface area contributed by atoms with Gasteiger partial charge in [-0.3, -0.25) is 0 Å². The van der Waals surface area contributed by atoms with Crippen LogP contribution in [0, 0.1) is 0 Å². The van der Waals surface area contributed by atoms with Crippen molar-refractivity contribution in [2.45, 2.75) is 26.3 Å². The molecule has 0 bridgehead atoms. The smallest absolute Gasteiger partial charge is 0.133 e. The Morgan fingerprint density at radius 3 is 2.71 bits per heavy atom. The summed E-state index contributed by atoms with van der Waals surface area (Å²) in [6, 6.07) is 2.39. The van der Waals surface area contributed by atoms with E-state index in [0.717, 1.165) is 18.1 Å². The summed E-state index contributed by atoms with van der Waals surface area (Å²) in [5.74, 6) is 1.81. The summed E-state index contributed by atoms with van der Waals surface area (Å²) in [4.78, 5) is 10.3. The van der Waals surface area contributed by atoms with Gasteiger partial charge in [-0.1, -0.05) is 6.92 Å². The molecule has 0 aliphatic heterocycles. The van der Waals surface area contributed by atoms with E-state index in [2.05, 4.69) is 29.1 Å². The average Bonchev–Trinajstić information content (AvgIpc) is 2.18. The lowest BCUT2D eigenvalue weighted by molar-refractivity contribution is 0.758. The van der Waals surface area contributed by atoms with Crippen molar-refractivity contribution in [3.8, 4) is 0 Å². The first-order chi connectivity index (χ1) is 6.63. The van der Waals surface area contributed by atoms with Gasteiger partial charge in [-0.05, 0) is 13.3 Å². The maximum absolute atomic E-state index is 4.16. The number of rotatable bonds is 4. The lowest BCUT2D eigenvalue weighted by atomic mass is 10.2. The van der Waals surface area contributed by atoms with Gasteiger partial charge in [-0.15, -0.1) is 0 Å². The van der Waals surface area contributed by atoms with Crippen molar-refractivity contribution < 1.29 is 0 Å². The van der Waals surface area contributed by atoms with Crippen molar-refractivity contribution in [3.63, 3.8) is 0 Å². The van der Waals surface area contributed by atoms with E-state index in [0.29, 0.717) is 6.04 Å². The monoisotopic (exact) mass is 194 g/mol. The van der Waals surface area contributed by atoms with Crippen molar-refractivity contribution in [2.75, 3.05) is 24.3 Å². The SMILES string of the molecule is CCC(C)Nc1cc(N(C)C)ncn1. The fourth-order valence-corrected chi connectivity index (χ4v) is 1.03. The zero-order chi connectivity index (χ0) is 10.6. The molecule has 1 heterocycles. The summed E-state index contributed by atoms with van der Waals surface area (Å²) in [7, 11) is 3.94. The fraction of sp³-hybridized carbons (Fsp3) is 0.600. The molecule has 1 aromatic heterocycles. The molecule has 0 spiro atoms. The minimum atomic E-state index is 0.444. The first kappa shape index (κ1) is 10.8. The van der Waals surface area contributed by atoms with E-state index in [1.807, 2.05) is 25.1 Å². The van der Waals surface area contributed by atoms with Crippen molar-refractivity contribution >= 4 is 11.6 Å². The summed E-state index contributed by atoms with van der Waals surface area (Å²) in [6.07, 6.45) is 2.67. The second-order valence-corrected chi connectivity index (χ2v) is 3.61. The van der Waals surface area contributed by atoms with Crippen molar-refractivity contribution in [3.05, 3.63) is 12.4 Å². The quantitative estimate of drug-likeness (QED) is 0.793. The molecular weight excluding hydrogens is 176 g/mol. The molecule has 0 saturated carbocycles. The largest absolute Gasteiger partial charge is 0.367 e. The van der Waals surface area contributed by atoms with Crippen molar-refractivity contribution in [1.29, 1.82) is 0 Å². The lowest BCUT2D eigenvalue weighted by Crippen LogP contribution is -2.16. The molecule has 78 valence electrons. The molecule has 0 saturated heterocycles. The molecule has 1 N–H and O–H groups in total. The number of aromatic nitrogens is 2. The second kappa shape index (κ2) is 4.79. The predicted octanol–water partition coefficient (Wildman–Crippen LogP) is 1.75. The summed E-state index contributed by atoms with van der Waals surface area (Å²) >= 11 is 0. The fourth-order valence-electron chi connectivity index (χ4n) is 1.03. The van der Waals surface area contributed by atoms with Gasteiger partial charge >= 0.3 is 0 Å². The summed E-state index contributed by atoms with van der Waals surface area (Å²) in [5, 5.41) is 3.31. The maximum atomic E-state index is 4.16. The number of hydrogen-bond acceptors (Lipinski definition) is 4. The molecule has 4 nitrogen and oxygen atoms in total. The molecule has 4 heteroatoms. The van der Waals surface area contributed by atoms with Crippen LogP contribution < -0.4 is 10.2 Å². The first-order valence-corrected chi connectivity index (χ1v) is 4.89. The van der Waals surface area contributed by atoms with Gasteiger partial charge in [0.25, 0.3) is 0 Å². The molecule has 0 aromatic carbocycles. The van der Waals surface area contributed by atoms with Gasteiger partial charge in [0.15, 0.2) is 0 Å². The van der Waals surface area contributed by atoms with E-state index < -0.39 is 0 Å². The molecule has 0 aliphatic rings. The van der Waals surface area contributed by atoms with Crippen LogP contribution in [0.15, 0.2) is 12.4 Å². The van der Waals surface area contributed by atoms with Gasteiger partial charge in [-0.25, -0.2) is 9.97 Å². The third kappa shape index (κ3) is 2.87. The predicted molar refractivity (Wildman–Crippen MR) is 59.7 cm³/mol. The summed E-state index contributed by atoms with van der Waals surface area (Å²) < 4.78 is 0. The van der Waals surface area contributed by atoms with Crippen LogP contribution in [-0.4, -0.2) is 30.1 Å². The number of anilines is 2. The van der Waals surface area contributed by atoms with E-state index >= 15 is 0 Å². The lowest BCUT2D eigenvalue weighted by Gasteiger charge is -2.15. The van der Waals surface area contributed by atoms with Crippen LogP contribution in [0.3, 0.4) is 0 Å². The Balaban J connectivity index is 2.73. The van der Waals surface area contributed by atoms with Gasteiger partial charge in [0.05, 0.1) is 0 Å². The first-order valence-electron chi connectivity index (χ1n) is 4.89. The van der Waals surface area contributed by atoms with E-state index in [4.69, 9.17) is 0 Å². The highest BCUT2D eigenvalue weighted by Crippen LogP contribution is 2.12. The van der Waals surface area contributed by atoms with E-state index in [1.54, 1.807) is 6.33 Å². The Hall–Kier alpha value is -1.32. The van der Waals surface area contributed by atoms with Gasteiger partial charge in [0.1, 0.15) is 18.0 Å². The van der Waals surface area contributed by atoms with Gasteiger partial charge in [0.2, 0.25) is 0 Å². The standard InChI is InChI=1S/C10H18N4/c1-5-8(2)13-9-6-10(14(3)4)12-7-11-9/h6-8H,5H2,1-4H3,(H,11,12,13). The highest BCUT2D eigenvalue weighted by atomic mass is 15.2. The van der Waals surface area contributed by atoms with Crippen LogP contribution in [0.2, 0.25) is 0 Å². The van der Waals surface area contributed by atoms with E-state index in [9.17, 15) is 0 Å². The van der Waals surface area contributed by atoms with Gasteiger partial charge < -0.3 is 10.2 Å². The molecule has 0 fully saturated rings. The minimum absolute atomic E-state index is 0.444. The Morgan fingerprint density at radius 1 is 1.43 bits per heavy atom. The van der Waals surface area contributed by atoms with Crippen LogP contribution in [-0.2, 0) is 0 Å². The summed E-state index contributed by atoms with van der Waals surface area (Å²) in [5.41, 5.74) is 0. The molecule has 14 heavy (non-hydrogen) atoms. The van der Waals surface area contributed by atoms with E-state index in [1.165, 1.54) is 0 Å². The topological polar surface area (TPSA) is 41.0 Å². The molecule has 1 rings (SSSR count). The normalized spacial score (nSPS) is 12.3. The van der Waals surface area contributed by atoms with Crippen LogP contribution in [0.4, 0.5) is 11.6 Å². The third-order valence-corrected chi connectivity index (χ3v) is 2.12. The van der Waals surface area contributed by atoms with Crippen LogP contribution in [0.25, 0.3) is 0 Å². The van der Waals surface area contributed by atoms with E-state index in [-0.39, 0.29) is 0 Å². The highest BCUT2D eigenvalue weighted by molar-refractivity contribution is 5.47. The summed E-state index contributed by atoms with van der Waals surface area (Å²) in [6.45, 7) is 4.28. The Kier molecular flexibility index (Phi) is 3.68. The number of nitrogens with zero attached hydrogens (tertiary/aromatic N) is 3. The number of hydrogen-bond donors (Lipinski definition) is 1. The van der Waals surface area contributed by atoms with Crippen LogP contribution in [0.5, 0.6) is 0 Å². The Bertz CT molecular complexity index is 285. The van der Waals surface area contributed by atoms with Gasteiger partial charge in [0, 0.05) is 26.2 Å². The number of nitrogens with one attached hydrogen (secondary N) is 1. The van der Waals surface area contributed by atoms with Gasteiger partial charge in [-0.2, -0.15) is 0 Å². The minimum Gasteiger partial charge on any atom is -0.367 e. The molecule has 0 aliphatic carbocycles.